The smallest absolute Gasteiger partial charge is 0.243 e. The summed E-state index contributed by atoms with van der Waals surface area (Å²) in [6.45, 7) is 8.85. The first-order valence-corrected chi connectivity index (χ1v) is 11.3. The molecule has 8 nitrogen and oxygen atoms in total. The number of aromatic hydroxyl groups is 1. The van der Waals surface area contributed by atoms with E-state index in [1.54, 1.807) is 26.0 Å². The lowest BCUT2D eigenvalue weighted by Gasteiger charge is -2.29. The number of phenolic OH excluding ortho intramolecular Hbond substituents is 1. The Balaban J connectivity index is 1.96. The monoisotopic (exact) mass is 468 g/mol. The molecular weight excluding hydrogens is 432 g/mol. The van der Waals surface area contributed by atoms with Crippen molar-refractivity contribution in [3.8, 4) is 5.75 Å². The van der Waals surface area contributed by atoms with Gasteiger partial charge in [-0.15, -0.1) is 0 Å². The lowest BCUT2D eigenvalue weighted by Crippen LogP contribution is -2.57. The minimum absolute atomic E-state index is 0.159. The summed E-state index contributed by atoms with van der Waals surface area (Å²) >= 11 is 0. The molecule has 0 aromatic heterocycles. The van der Waals surface area contributed by atoms with Crippen LogP contribution in [-0.4, -0.2) is 47.0 Å². The Kier molecular flexibility index (Phi) is 9.20. The molecule has 2 aromatic carbocycles. The third-order valence-corrected chi connectivity index (χ3v) is 5.58. The highest BCUT2D eigenvalue weighted by Crippen LogP contribution is 2.22. The number of nitrogens with one attached hydrogen (secondary N) is 3. The van der Waals surface area contributed by atoms with Crippen molar-refractivity contribution in [2.45, 2.75) is 65.1 Å². The van der Waals surface area contributed by atoms with Crippen molar-refractivity contribution in [1.29, 1.82) is 0 Å². The normalized spacial score (nSPS) is 13.0. The molecule has 0 aliphatic carbocycles. The Morgan fingerprint density at radius 3 is 2.15 bits per heavy atom. The van der Waals surface area contributed by atoms with E-state index < -0.39 is 17.6 Å². The van der Waals surface area contributed by atoms with Crippen molar-refractivity contribution in [2.24, 2.45) is 5.73 Å². The van der Waals surface area contributed by atoms with Crippen molar-refractivity contribution in [3.05, 3.63) is 64.7 Å². The van der Waals surface area contributed by atoms with E-state index in [0.717, 1.165) is 22.3 Å². The van der Waals surface area contributed by atoms with Crippen LogP contribution in [0.1, 0.15) is 43.0 Å². The molecule has 0 spiro atoms. The first-order valence-electron chi connectivity index (χ1n) is 11.3. The first-order chi connectivity index (χ1) is 15.9. The molecule has 2 aromatic rings. The summed E-state index contributed by atoms with van der Waals surface area (Å²) in [6.07, 6.45) is 0.684. The average molecular weight is 469 g/mol. The van der Waals surface area contributed by atoms with Gasteiger partial charge in [0.2, 0.25) is 17.7 Å². The zero-order chi connectivity index (χ0) is 25.5. The SMILES string of the molecule is CC(=O)NC(Cc1ccccc1)C(=O)NCC(C)(C)NC(=O)C(N)Cc1c(C)cc(O)cc1C. The number of amides is 3. The fourth-order valence-electron chi connectivity index (χ4n) is 3.81. The number of hydrogen-bond donors (Lipinski definition) is 5. The maximum atomic E-state index is 12.8. The Hall–Kier alpha value is -3.39. The van der Waals surface area contributed by atoms with Gasteiger partial charge in [0, 0.05) is 19.9 Å². The molecule has 0 heterocycles. The molecule has 0 aliphatic heterocycles. The predicted octanol–water partition coefficient (Wildman–Crippen LogP) is 1.64. The van der Waals surface area contributed by atoms with E-state index >= 15 is 0 Å². The molecule has 0 fully saturated rings. The van der Waals surface area contributed by atoms with Crippen LogP contribution in [-0.2, 0) is 27.2 Å². The van der Waals surface area contributed by atoms with Gasteiger partial charge >= 0.3 is 0 Å². The van der Waals surface area contributed by atoms with Gasteiger partial charge in [-0.2, -0.15) is 0 Å². The molecule has 0 saturated carbocycles. The van der Waals surface area contributed by atoms with Crippen LogP contribution >= 0.6 is 0 Å². The van der Waals surface area contributed by atoms with Crippen LogP contribution in [0.3, 0.4) is 0 Å². The number of phenols is 1. The number of aryl methyl sites for hydroxylation is 2. The van der Waals surface area contributed by atoms with Crippen molar-refractivity contribution in [1.82, 2.24) is 16.0 Å². The second-order valence-electron chi connectivity index (χ2n) is 9.40. The van der Waals surface area contributed by atoms with Crippen molar-refractivity contribution in [3.63, 3.8) is 0 Å². The van der Waals surface area contributed by atoms with Crippen molar-refractivity contribution < 1.29 is 19.5 Å². The maximum absolute atomic E-state index is 12.8. The van der Waals surface area contributed by atoms with Crippen LogP contribution in [0.5, 0.6) is 5.75 Å². The molecular formula is C26H36N4O4. The highest BCUT2D eigenvalue weighted by atomic mass is 16.3. The predicted molar refractivity (Wildman–Crippen MR) is 132 cm³/mol. The van der Waals surface area contributed by atoms with E-state index in [-0.39, 0.29) is 30.0 Å². The van der Waals surface area contributed by atoms with Crippen LogP contribution in [0.4, 0.5) is 0 Å². The number of rotatable bonds is 10. The third kappa shape index (κ3) is 8.19. The quantitative estimate of drug-likeness (QED) is 0.361. The van der Waals surface area contributed by atoms with Gasteiger partial charge in [0.25, 0.3) is 0 Å². The average Bonchev–Trinajstić information content (AvgIpc) is 2.74. The molecule has 8 heteroatoms. The Morgan fingerprint density at radius 2 is 1.59 bits per heavy atom. The zero-order valence-corrected chi connectivity index (χ0v) is 20.6. The third-order valence-electron chi connectivity index (χ3n) is 5.58. The van der Waals surface area contributed by atoms with Gasteiger partial charge in [-0.1, -0.05) is 30.3 Å². The lowest BCUT2D eigenvalue weighted by molar-refractivity contribution is -0.128. The minimum atomic E-state index is -0.790. The minimum Gasteiger partial charge on any atom is -0.508 e. The van der Waals surface area contributed by atoms with Crippen molar-refractivity contribution in [2.75, 3.05) is 6.54 Å². The second-order valence-corrected chi connectivity index (χ2v) is 9.40. The molecule has 0 bridgehead atoms. The zero-order valence-electron chi connectivity index (χ0n) is 20.6. The Labute approximate surface area is 201 Å². The van der Waals surface area contributed by atoms with Gasteiger partial charge in [-0.25, -0.2) is 0 Å². The summed E-state index contributed by atoms with van der Waals surface area (Å²) in [5, 5.41) is 18.1. The molecule has 2 unspecified atom stereocenters. The standard InChI is InChI=1S/C26H36N4O4/c1-16-11-20(32)12-17(2)21(16)14-22(27)24(33)30-26(4,5)15-28-25(34)23(29-18(3)31)13-19-9-7-6-8-10-19/h6-12,22-23,32H,13-15,27H2,1-5H3,(H,28,34)(H,29,31)(H,30,33). The first kappa shape index (κ1) is 26.9. The van der Waals surface area contributed by atoms with E-state index in [1.165, 1.54) is 6.92 Å². The molecule has 184 valence electrons. The van der Waals surface area contributed by atoms with Gasteiger partial charge in [0.05, 0.1) is 11.6 Å². The number of benzene rings is 2. The molecule has 0 saturated heterocycles. The van der Waals surface area contributed by atoms with E-state index in [9.17, 15) is 19.5 Å². The Bertz CT molecular complexity index is 998. The van der Waals surface area contributed by atoms with Gasteiger partial charge in [-0.3, -0.25) is 14.4 Å². The maximum Gasteiger partial charge on any atom is 0.243 e. The lowest BCUT2D eigenvalue weighted by atomic mass is 9.95. The molecule has 6 N–H and O–H groups in total. The largest absolute Gasteiger partial charge is 0.508 e. The molecule has 0 radical (unpaired) electrons. The van der Waals surface area contributed by atoms with E-state index in [1.807, 2.05) is 44.2 Å². The van der Waals surface area contributed by atoms with E-state index in [4.69, 9.17) is 5.73 Å². The number of carbonyl (C=O) groups is 3. The summed E-state index contributed by atoms with van der Waals surface area (Å²) in [7, 11) is 0. The molecule has 34 heavy (non-hydrogen) atoms. The van der Waals surface area contributed by atoms with Gasteiger partial charge < -0.3 is 26.8 Å². The van der Waals surface area contributed by atoms with Gasteiger partial charge in [-0.05, 0) is 68.5 Å². The van der Waals surface area contributed by atoms with Crippen LogP contribution in [0, 0.1) is 13.8 Å². The summed E-state index contributed by atoms with van der Waals surface area (Å²) in [5.74, 6) is -0.789. The summed E-state index contributed by atoms with van der Waals surface area (Å²) in [6, 6.07) is 11.2. The summed E-state index contributed by atoms with van der Waals surface area (Å²) < 4.78 is 0. The summed E-state index contributed by atoms with van der Waals surface area (Å²) in [5.41, 5.74) is 8.99. The number of hydrogen-bond acceptors (Lipinski definition) is 5. The number of carbonyl (C=O) groups excluding carboxylic acids is 3. The van der Waals surface area contributed by atoms with E-state index in [0.29, 0.717) is 12.8 Å². The molecule has 0 aliphatic rings. The molecule has 2 atom stereocenters. The van der Waals surface area contributed by atoms with Crippen LogP contribution < -0.4 is 21.7 Å². The molecule has 3 amide bonds. The molecule has 2 rings (SSSR count). The fourth-order valence-corrected chi connectivity index (χ4v) is 3.81. The van der Waals surface area contributed by atoms with Gasteiger partial charge in [0.1, 0.15) is 11.8 Å². The highest BCUT2D eigenvalue weighted by molar-refractivity contribution is 5.87. The van der Waals surface area contributed by atoms with Crippen molar-refractivity contribution >= 4 is 17.7 Å². The Morgan fingerprint density at radius 1 is 1.00 bits per heavy atom. The van der Waals surface area contributed by atoms with Crippen LogP contribution in [0.25, 0.3) is 0 Å². The second kappa shape index (κ2) is 11.7. The fraction of sp³-hybridized carbons (Fsp3) is 0.423. The summed E-state index contributed by atoms with van der Waals surface area (Å²) in [4.78, 5) is 37.2. The van der Waals surface area contributed by atoms with Crippen LogP contribution in [0.15, 0.2) is 42.5 Å². The van der Waals surface area contributed by atoms with Gasteiger partial charge in [0.15, 0.2) is 0 Å². The number of nitrogens with two attached hydrogens (primary N) is 1. The van der Waals surface area contributed by atoms with Crippen LogP contribution in [0.2, 0.25) is 0 Å². The topological polar surface area (TPSA) is 134 Å². The van der Waals surface area contributed by atoms with E-state index in [2.05, 4.69) is 16.0 Å². The highest BCUT2D eigenvalue weighted by Gasteiger charge is 2.27.